The van der Waals surface area contributed by atoms with Crippen LogP contribution in [0.4, 0.5) is 0 Å². The van der Waals surface area contributed by atoms with E-state index in [0.29, 0.717) is 0 Å². The Morgan fingerprint density at radius 3 is 2.85 bits per heavy atom. The molecule has 1 N–H and O–H groups in total. The van der Waals surface area contributed by atoms with E-state index in [2.05, 4.69) is 4.99 Å². The highest BCUT2D eigenvalue weighted by Gasteiger charge is 2.40. The van der Waals surface area contributed by atoms with Crippen LogP contribution in [0.2, 0.25) is 0 Å². The topological polar surface area (TPSA) is 49.7 Å². The zero-order valence-electron chi connectivity index (χ0n) is 6.68. The van der Waals surface area contributed by atoms with E-state index >= 15 is 0 Å². The molecular weight excluding hydrogens is 190 g/mol. The molecule has 1 aliphatic carbocycles. The number of halogens is 1. The van der Waals surface area contributed by atoms with Crippen molar-refractivity contribution in [2.75, 3.05) is 0 Å². The lowest BCUT2D eigenvalue weighted by atomic mass is 9.80. The summed E-state index contributed by atoms with van der Waals surface area (Å²) in [6, 6.07) is 0. The standard InChI is InChI=1S/C9H7NO2.ClH/c11-8(12)9-4-2-1-3-7(9)5-10-6-9;/h1-6H,(H,11,12);1H. The molecule has 0 radical (unpaired) electrons. The highest BCUT2D eigenvalue weighted by atomic mass is 35.5. The average Bonchev–Trinajstić information content (AvgIpc) is 2.48. The van der Waals surface area contributed by atoms with Gasteiger partial charge in [-0.05, 0) is 5.57 Å². The van der Waals surface area contributed by atoms with Gasteiger partial charge in [0, 0.05) is 12.4 Å². The fraction of sp³-hybridized carbons (Fsp3) is 0.111. The van der Waals surface area contributed by atoms with Crippen LogP contribution in [0.25, 0.3) is 0 Å². The fourth-order valence-electron chi connectivity index (χ4n) is 1.35. The van der Waals surface area contributed by atoms with Crippen molar-refractivity contribution in [3.05, 3.63) is 36.1 Å². The zero-order valence-corrected chi connectivity index (χ0v) is 7.49. The first-order valence-electron chi connectivity index (χ1n) is 3.60. The zero-order chi connectivity index (χ0) is 8.60. The number of aliphatic imine (C=N–C) groups is 1. The molecule has 4 heteroatoms. The Morgan fingerprint density at radius 2 is 2.23 bits per heavy atom. The molecule has 1 heterocycles. The Morgan fingerprint density at radius 1 is 1.46 bits per heavy atom. The Balaban J connectivity index is 0.000000845. The van der Waals surface area contributed by atoms with Crippen LogP contribution in [-0.2, 0) is 4.79 Å². The lowest BCUT2D eigenvalue weighted by Crippen LogP contribution is -2.31. The second kappa shape index (κ2) is 3.18. The number of hydrogen-bond acceptors (Lipinski definition) is 2. The minimum Gasteiger partial charge on any atom is -0.480 e. The van der Waals surface area contributed by atoms with Crippen LogP contribution in [0.5, 0.6) is 0 Å². The maximum Gasteiger partial charge on any atom is 0.323 e. The Hall–Kier alpha value is -1.35. The largest absolute Gasteiger partial charge is 0.480 e. The van der Waals surface area contributed by atoms with E-state index < -0.39 is 11.4 Å². The molecular formula is C9H8ClNO2. The van der Waals surface area contributed by atoms with Crippen molar-refractivity contribution in [2.24, 2.45) is 10.4 Å². The molecule has 0 saturated heterocycles. The van der Waals surface area contributed by atoms with Crippen molar-refractivity contribution in [2.45, 2.75) is 0 Å². The molecule has 3 nitrogen and oxygen atoms in total. The summed E-state index contributed by atoms with van der Waals surface area (Å²) in [7, 11) is 0. The van der Waals surface area contributed by atoms with Gasteiger partial charge in [-0.3, -0.25) is 9.79 Å². The predicted octanol–water partition coefficient (Wildman–Crippen LogP) is 1.57. The highest BCUT2D eigenvalue weighted by molar-refractivity contribution is 6.03. The molecule has 2 aliphatic rings. The van der Waals surface area contributed by atoms with E-state index in [-0.39, 0.29) is 12.4 Å². The summed E-state index contributed by atoms with van der Waals surface area (Å²) in [5, 5.41) is 8.98. The molecule has 0 saturated carbocycles. The smallest absolute Gasteiger partial charge is 0.323 e. The number of carbonyl (C=O) groups is 1. The predicted molar refractivity (Wildman–Crippen MR) is 52.2 cm³/mol. The minimum absolute atomic E-state index is 0. The third-order valence-electron chi connectivity index (χ3n) is 2.07. The first kappa shape index (κ1) is 9.74. The summed E-state index contributed by atoms with van der Waals surface area (Å²) < 4.78 is 0. The van der Waals surface area contributed by atoms with E-state index in [1.165, 1.54) is 6.21 Å². The maximum absolute atomic E-state index is 10.9. The molecule has 0 aromatic heterocycles. The van der Waals surface area contributed by atoms with E-state index in [1.807, 2.05) is 6.08 Å². The summed E-state index contributed by atoms with van der Waals surface area (Å²) in [4.78, 5) is 14.8. The monoisotopic (exact) mass is 197 g/mol. The van der Waals surface area contributed by atoms with Crippen molar-refractivity contribution in [3.63, 3.8) is 0 Å². The Labute approximate surface area is 81.6 Å². The number of rotatable bonds is 1. The normalized spacial score (nSPS) is 27.8. The van der Waals surface area contributed by atoms with Gasteiger partial charge in [-0.2, -0.15) is 0 Å². The molecule has 0 aromatic rings. The van der Waals surface area contributed by atoms with Crippen LogP contribution in [-0.4, -0.2) is 17.3 Å². The summed E-state index contributed by atoms with van der Waals surface area (Å²) in [6.45, 7) is 0. The summed E-state index contributed by atoms with van der Waals surface area (Å²) >= 11 is 0. The van der Waals surface area contributed by atoms with Gasteiger partial charge in [0.05, 0.1) is 0 Å². The molecule has 0 fully saturated rings. The van der Waals surface area contributed by atoms with Crippen LogP contribution < -0.4 is 0 Å². The summed E-state index contributed by atoms with van der Waals surface area (Å²) in [5.74, 6) is -0.879. The first-order chi connectivity index (χ1) is 5.76. The number of aliphatic carboxylic acids is 1. The fourth-order valence-corrected chi connectivity index (χ4v) is 1.35. The van der Waals surface area contributed by atoms with Gasteiger partial charge in [-0.1, -0.05) is 24.3 Å². The third kappa shape index (κ3) is 1.21. The van der Waals surface area contributed by atoms with Crippen molar-refractivity contribution >= 4 is 24.6 Å². The van der Waals surface area contributed by atoms with E-state index in [4.69, 9.17) is 5.11 Å². The second-order valence-electron chi connectivity index (χ2n) is 2.76. The van der Waals surface area contributed by atoms with E-state index in [9.17, 15) is 4.79 Å². The van der Waals surface area contributed by atoms with Gasteiger partial charge in [0.1, 0.15) is 5.41 Å². The molecule has 2 rings (SSSR count). The number of hydrogen-bond donors (Lipinski definition) is 1. The number of fused-ring (bicyclic) bond motifs is 1. The quantitative estimate of drug-likeness (QED) is 0.694. The maximum atomic E-state index is 10.9. The highest BCUT2D eigenvalue weighted by Crippen LogP contribution is 2.34. The number of carboxylic acids is 1. The Kier molecular flexibility index (Phi) is 2.38. The SMILES string of the molecule is Cl.O=C(O)C12C=CC=CC1=CN=C2. The Bertz CT molecular complexity index is 355. The van der Waals surface area contributed by atoms with Gasteiger partial charge in [0.25, 0.3) is 0 Å². The van der Waals surface area contributed by atoms with Gasteiger partial charge in [-0.15, -0.1) is 12.4 Å². The third-order valence-corrected chi connectivity index (χ3v) is 2.07. The van der Waals surface area contributed by atoms with Crippen LogP contribution in [0.1, 0.15) is 0 Å². The van der Waals surface area contributed by atoms with E-state index in [1.54, 1.807) is 24.4 Å². The average molecular weight is 198 g/mol. The minimum atomic E-state index is -0.991. The molecule has 1 unspecified atom stereocenters. The number of nitrogens with zero attached hydrogens (tertiary/aromatic N) is 1. The van der Waals surface area contributed by atoms with Gasteiger partial charge >= 0.3 is 5.97 Å². The molecule has 68 valence electrons. The second-order valence-corrected chi connectivity index (χ2v) is 2.76. The van der Waals surface area contributed by atoms with Crippen LogP contribution in [0, 0.1) is 5.41 Å². The molecule has 13 heavy (non-hydrogen) atoms. The lowest BCUT2D eigenvalue weighted by molar-refractivity contribution is -0.140. The van der Waals surface area contributed by atoms with Crippen molar-refractivity contribution in [3.8, 4) is 0 Å². The van der Waals surface area contributed by atoms with Gasteiger partial charge in [-0.25, -0.2) is 0 Å². The molecule has 0 amide bonds. The summed E-state index contributed by atoms with van der Waals surface area (Å²) in [6.07, 6.45) is 9.96. The van der Waals surface area contributed by atoms with Gasteiger partial charge in [0.15, 0.2) is 0 Å². The summed E-state index contributed by atoms with van der Waals surface area (Å²) in [5.41, 5.74) is -0.271. The van der Waals surface area contributed by atoms with Crippen LogP contribution >= 0.6 is 12.4 Å². The molecule has 0 aromatic carbocycles. The van der Waals surface area contributed by atoms with Crippen molar-refractivity contribution in [1.29, 1.82) is 0 Å². The molecule has 0 spiro atoms. The van der Waals surface area contributed by atoms with Gasteiger partial charge < -0.3 is 5.11 Å². The first-order valence-corrected chi connectivity index (χ1v) is 3.60. The van der Waals surface area contributed by atoms with Crippen molar-refractivity contribution in [1.82, 2.24) is 0 Å². The molecule has 0 bridgehead atoms. The van der Waals surface area contributed by atoms with Crippen molar-refractivity contribution < 1.29 is 9.90 Å². The lowest BCUT2D eigenvalue weighted by Gasteiger charge is -2.20. The molecule has 1 aliphatic heterocycles. The number of allylic oxidation sites excluding steroid dienone is 3. The van der Waals surface area contributed by atoms with Crippen LogP contribution in [0.3, 0.4) is 0 Å². The van der Waals surface area contributed by atoms with Gasteiger partial charge in [0.2, 0.25) is 0 Å². The molecule has 1 atom stereocenters. The van der Waals surface area contributed by atoms with Crippen LogP contribution in [0.15, 0.2) is 41.1 Å². The van der Waals surface area contributed by atoms with E-state index in [0.717, 1.165) is 5.57 Å². The number of carboxylic acid groups (broad SMARTS) is 1.